The Morgan fingerprint density at radius 1 is 1.26 bits per heavy atom. The zero-order valence-corrected chi connectivity index (χ0v) is 14.6. The number of methoxy groups -OCH3 is 1. The first kappa shape index (κ1) is 17.3. The van der Waals surface area contributed by atoms with E-state index in [0.29, 0.717) is 28.5 Å². The Morgan fingerprint density at radius 2 is 1.96 bits per heavy atom. The minimum absolute atomic E-state index is 0.318. The molecule has 0 aliphatic rings. The lowest BCUT2D eigenvalue weighted by Crippen LogP contribution is -2.25. The number of hydrogen-bond donors (Lipinski definition) is 0. The second-order valence-corrected chi connectivity index (χ2v) is 5.32. The molecule has 0 saturated carbocycles. The molecule has 0 aliphatic carbocycles. The summed E-state index contributed by atoms with van der Waals surface area (Å²) in [5.74, 6) is 0.174. The molecule has 1 heterocycles. The van der Waals surface area contributed by atoms with Crippen molar-refractivity contribution in [3.05, 3.63) is 28.9 Å². The van der Waals surface area contributed by atoms with Crippen LogP contribution in [0, 0.1) is 0 Å². The summed E-state index contributed by atoms with van der Waals surface area (Å²) in [6, 6.07) is 3.57. The molecular formula is C17H21ClN2O3. The van der Waals surface area contributed by atoms with Gasteiger partial charge in [-0.2, -0.15) is 0 Å². The third-order valence-corrected chi connectivity index (χ3v) is 3.98. The molecule has 0 saturated heterocycles. The highest BCUT2D eigenvalue weighted by Crippen LogP contribution is 2.36. The Labute approximate surface area is 141 Å². The van der Waals surface area contributed by atoms with E-state index in [0.717, 1.165) is 24.2 Å². The highest BCUT2D eigenvalue weighted by Gasteiger charge is 2.21. The molecule has 0 fully saturated rings. The molecule has 6 heteroatoms. The van der Waals surface area contributed by atoms with E-state index < -0.39 is 0 Å². The number of carbonyl (C=O) groups is 1. The van der Waals surface area contributed by atoms with Crippen LogP contribution in [0.5, 0.6) is 5.75 Å². The number of fused-ring (bicyclic) bond motifs is 1. The van der Waals surface area contributed by atoms with Gasteiger partial charge in [0.25, 0.3) is 0 Å². The number of ether oxygens (including phenoxy) is 2. The predicted molar refractivity (Wildman–Crippen MR) is 92.8 cm³/mol. The molecule has 0 aliphatic heterocycles. The minimum Gasteiger partial charge on any atom is -0.495 e. The van der Waals surface area contributed by atoms with Crippen LogP contribution in [0.3, 0.4) is 0 Å². The number of carbonyl (C=O) groups excluding carboxylic acids is 1. The number of aromatic nitrogens is 1. The van der Waals surface area contributed by atoms with Crippen LogP contribution >= 0.6 is 11.6 Å². The van der Waals surface area contributed by atoms with Gasteiger partial charge in [0, 0.05) is 24.7 Å². The highest BCUT2D eigenvalue weighted by atomic mass is 35.5. The maximum absolute atomic E-state index is 12.3. The molecule has 2 aromatic rings. The van der Waals surface area contributed by atoms with Gasteiger partial charge in [-0.3, -0.25) is 4.98 Å². The van der Waals surface area contributed by atoms with Crippen molar-refractivity contribution in [2.24, 2.45) is 0 Å². The van der Waals surface area contributed by atoms with Crippen LogP contribution in [0.1, 0.15) is 31.1 Å². The summed E-state index contributed by atoms with van der Waals surface area (Å²) in [7, 11) is 1.56. The Bertz CT molecular complexity index is 715. The topological polar surface area (TPSA) is 51.7 Å². The Morgan fingerprint density at radius 3 is 2.52 bits per heavy atom. The van der Waals surface area contributed by atoms with Crippen LogP contribution in [0.2, 0.25) is 5.02 Å². The van der Waals surface area contributed by atoms with Crippen molar-refractivity contribution < 1.29 is 14.3 Å². The molecular weight excluding hydrogens is 316 g/mol. The number of benzene rings is 1. The van der Waals surface area contributed by atoms with Gasteiger partial charge in [-0.05, 0) is 32.9 Å². The number of anilines is 1. The van der Waals surface area contributed by atoms with Gasteiger partial charge in [-0.15, -0.1) is 0 Å². The maximum Gasteiger partial charge on any atom is 0.341 e. The number of hydrogen-bond acceptors (Lipinski definition) is 5. The van der Waals surface area contributed by atoms with Gasteiger partial charge < -0.3 is 14.4 Å². The molecule has 0 N–H and O–H groups in total. The van der Waals surface area contributed by atoms with Gasteiger partial charge in [0.2, 0.25) is 0 Å². The van der Waals surface area contributed by atoms with Crippen molar-refractivity contribution in [1.82, 2.24) is 4.98 Å². The van der Waals surface area contributed by atoms with Gasteiger partial charge in [-0.1, -0.05) is 11.6 Å². The standard InChI is InChI=1S/C17H21ClN2O3/c1-5-20(6-2)16-11-8-15(22-4)13(18)9-14(11)19-10-12(16)17(21)23-7-3/h8-10H,5-7H2,1-4H3. The van der Waals surface area contributed by atoms with Crippen molar-refractivity contribution in [2.45, 2.75) is 20.8 Å². The van der Waals surface area contributed by atoms with Crippen molar-refractivity contribution in [1.29, 1.82) is 0 Å². The molecule has 0 spiro atoms. The van der Waals surface area contributed by atoms with E-state index in [2.05, 4.69) is 9.88 Å². The Kier molecular flexibility index (Phi) is 5.66. The minimum atomic E-state index is -0.377. The fourth-order valence-electron chi connectivity index (χ4n) is 2.57. The van der Waals surface area contributed by atoms with Crippen LogP contribution in [0.25, 0.3) is 10.9 Å². The zero-order valence-electron chi connectivity index (χ0n) is 13.9. The molecule has 5 nitrogen and oxygen atoms in total. The molecule has 0 bridgehead atoms. The average Bonchev–Trinajstić information content (AvgIpc) is 2.55. The third-order valence-electron chi connectivity index (χ3n) is 3.69. The first-order chi connectivity index (χ1) is 11.1. The van der Waals surface area contributed by atoms with E-state index in [9.17, 15) is 4.79 Å². The highest BCUT2D eigenvalue weighted by molar-refractivity contribution is 6.33. The van der Waals surface area contributed by atoms with Crippen molar-refractivity contribution in [3.63, 3.8) is 0 Å². The number of halogens is 1. The normalized spacial score (nSPS) is 10.7. The van der Waals surface area contributed by atoms with E-state index in [1.807, 2.05) is 19.9 Å². The van der Waals surface area contributed by atoms with Crippen LogP contribution in [0.4, 0.5) is 5.69 Å². The summed E-state index contributed by atoms with van der Waals surface area (Å²) in [5.41, 5.74) is 1.96. The molecule has 1 aromatic carbocycles. The Balaban J connectivity index is 2.78. The number of esters is 1. The number of nitrogens with zero attached hydrogens (tertiary/aromatic N) is 2. The van der Waals surface area contributed by atoms with Gasteiger partial charge in [-0.25, -0.2) is 4.79 Å². The second kappa shape index (κ2) is 7.51. The third kappa shape index (κ3) is 3.34. The smallest absolute Gasteiger partial charge is 0.341 e. The first-order valence-corrected chi connectivity index (χ1v) is 8.03. The molecule has 2 rings (SSSR count). The largest absolute Gasteiger partial charge is 0.495 e. The molecule has 23 heavy (non-hydrogen) atoms. The zero-order chi connectivity index (χ0) is 17.0. The lowest BCUT2D eigenvalue weighted by molar-refractivity contribution is 0.0527. The summed E-state index contributed by atoms with van der Waals surface area (Å²) in [5, 5.41) is 1.31. The molecule has 0 atom stereocenters. The van der Waals surface area contributed by atoms with Crippen LogP contribution < -0.4 is 9.64 Å². The predicted octanol–water partition coefficient (Wildman–Crippen LogP) is 3.92. The second-order valence-electron chi connectivity index (χ2n) is 4.92. The van der Waals surface area contributed by atoms with Gasteiger partial charge in [0.15, 0.2) is 0 Å². The van der Waals surface area contributed by atoms with E-state index >= 15 is 0 Å². The van der Waals surface area contributed by atoms with E-state index in [1.54, 1.807) is 26.3 Å². The van der Waals surface area contributed by atoms with Crippen LogP contribution in [-0.4, -0.2) is 37.8 Å². The van der Waals surface area contributed by atoms with Gasteiger partial charge >= 0.3 is 5.97 Å². The van der Waals surface area contributed by atoms with Crippen molar-refractivity contribution in [2.75, 3.05) is 31.7 Å². The maximum atomic E-state index is 12.3. The number of pyridine rings is 1. The molecule has 0 radical (unpaired) electrons. The van der Waals surface area contributed by atoms with E-state index in [-0.39, 0.29) is 5.97 Å². The lowest BCUT2D eigenvalue weighted by atomic mass is 10.1. The quantitative estimate of drug-likeness (QED) is 0.748. The molecule has 0 unspecified atom stereocenters. The van der Waals surface area contributed by atoms with Crippen molar-refractivity contribution >= 4 is 34.2 Å². The average molecular weight is 337 g/mol. The summed E-state index contributed by atoms with van der Waals surface area (Å²) in [4.78, 5) is 18.8. The Hall–Kier alpha value is -2.01. The fourth-order valence-corrected chi connectivity index (χ4v) is 2.81. The number of rotatable bonds is 6. The van der Waals surface area contributed by atoms with Gasteiger partial charge in [0.05, 0.1) is 29.9 Å². The first-order valence-electron chi connectivity index (χ1n) is 7.65. The molecule has 124 valence electrons. The SMILES string of the molecule is CCOC(=O)c1cnc2cc(Cl)c(OC)cc2c1N(CC)CC. The summed E-state index contributed by atoms with van der Waals surface area (Å²) < 4.78 is 10.5. The van der Waals surface area contributed by atoms with Crippen LogP contribution in [0.15, 0.2) is 18.3 Å². The molecule has 0 amide bonds. The summed E-state index contributed by atoms with van der Waals surface area (Å²) >= 11 is 6.18. The summed E-state index contributed by atoms with van der Waals surface area (Å²) in [6.07, 6.45) is 1.55. The summed E-state index contributed by atoms with van der Waals surface area (Å²) in [6.45, 7) is 7.69. The van der Waals surface area contributed by atoms with E-state index in [1.165, 1.54) is 0 Å². The van der Waals surface area contributed by atoms with E-state index in [4.69, 9.17) is 21.1 Å². The lowest BCUT2D eigenvalue weighted by Gasteiger charge is -2.25. The fraction of sp³-hybridized carbons (Fsp3) is 0.412. The van der Waals surface area contributed by atoms with Crippen molar-refractivity contribution in [3.8, 4) is 5.75 Å². The van der Waals surface area contributed by atoms with Gasteiger partial charge in [0.1, 0.15) is 11.3 Å². The molecule has 1 aromatic heterocycles. The monoisotopic (exact) mass is 336 g/mol. The van der Waals surface area contributed by atoms with Crippen LogP contribution in [-0.2, 0) is 4.74 Å².